The molecule has 4 heteroatoms. The molecule has 2 unspecified atom stereocenters. The van der Waals surface area contributed by atoms with Gasteiger partial charge in [-0.15, -0.1) is 0 Å². The van der Waals surface area contributed by atoms with Crippen LogP contribution in [0.1, 0.15) is 51.4 Å². The molecule has 3 rings (SSSR count). The van der Waals surface area contributed by atoms with Gasteiger partial charge in [-0.1, -0.05) is 25.7 Å². The maximum absolute atomic E-state index is 5.92. The molecule has 0 aromatic rings. The average molecular weight is 293 g/mol. The van der Waals surface area contributed by atoms with Gasteiger partial charge in [0.25, 0.3) is 0 Å². The average Bonchev–Trinajstić information content (AvgIpc) is 3.16. The highest BCUT2D eigenvalue weighted by atomic mass is 16.5. The molecule has 0 aromatic carbocycles. The van der Waals surface area contributed by atoms with Crippen LogP contribution in [0.25, 0.3) is 0 Å². The monoisotopic (exact) mass is 293 g/mol. The number of hydrogen-bond acceptors (Lipinski definition) is 2. The van der Waals surface area contributed by atoms with E-state index in [9.17, 15) is 0 Å². The minimum Gasteiger partial charge on any atom is -0.376 e. The van der Waals surface area contributed by atoms with Crippen LogP contribution in [0.3, 0.4) is 0 Å². The fraction of sp³-hybridized carbons (Fsp3) is 0.941. The van der Waals surface area contributed by atoms with Gasteiger partial charge in [-0.2, -0.15) is 0 Å². The predicted molar refractivity (Wildman–Crippen MR) is 86.6 cm³/mol. The van der Waals surface area contributed by atoms with Crippen LogP contribution in [-0.2, 0) is 4.74 Å². The van der Waals surface area contributed by atoms with E-state index in [2.05, 4.69) is 15.2 Å². The van der Waals surface area contributed by atoms with Crippen LogP contribution in [0.2, 0.25) is 0 Å². The summed E-state index contributed by atoms with van der Waals surface area (Å²) in [7, 11) is 1.90. The lowest BCUT2D eigenvalue weighted by Crippen LogP contribution is -2.41. The lowest BCUT2D eigenvalue weighted by molar-refractivity contribution is 0.0620. The highest BCUT2D eigenvalue weighted by Crippen LogP contribution is 2.35. The number of rotatable bonds is 4. The van der Waals surface area contributed by atoms with Crippen LogP contribution in [0.4, 0.5) is 0 Å². The van der Waals surface area contributed by atoms with Gasteiger partial charge < -0.3 is 15.0 Å². The summed E-state index contributed by atoms with van der Waals surface area (Å²) in [5.41, 5.74) is 0. The molecule has 0 bridgehead atoms. The van der Waals surface area contributed by atoms with Gasteiger partial charge in [-0.3, -0.25) is 4.99 Å². The van der Waals surface area contributed by atoms with E-state index in [0.717, 1.165) is 30.9 Å². The second-order valence-electron chi connectivity index (χ2n) is 6.96. The first-order valence-electron chi connectivity index (χ1n) is 8.94. The molecule has 1 aliphatic heterocycles. The molecule has 1 N–H and O–H groups in total. The number of guanidine groups is 1. The van der Waals surface area contributed by atoms with E-state index in [1.54, 1.807) is 0 Å². The zero-order valence-electron chi connectivity index (χ0n) is 13.5. The first-order chi connectivity index (χ1) is 10.4. The molecular weight excluding hydrogens is 262 g/mol. The van der Waals surface area contributed by atoms with E-state index in [0.29, 0.717) is 6.10 Å². The van der Waals surface area contributed by atoms with Gasteiger partial charge in [0.15, 0.2) is 5.96 Å². The molecule has 2 aliphatic carbocycles. The minimum atomic E-state index is 0.517. The van der Waals surface area contributed by atoms with E-state index < -0.39 is 0 Å². The minimum absolute atomic E-state index is 0.517. The summed E-state index contributed by atoms with van der Waals surface area (Å²) in [6.45, 7) is 4.10. The number of fused-ring (bicyclic) bond motifs is 1. The van der Waals surface area contributed by atoms with Crippen molar-refractivity contribution in [2.45, 2.75) is 57.5 Å². The molecular formula is C17H31N3O. The number of aliphatic imine (C=N–C) groups is 1. The standard InChI is InChI=1S/C17H31N3O/c1-18-17(19-10-11-21-16-8-4-5-9-16)20-12-14-6-2-3-7-15(14)13-20/h14-16H,2-13H2,1H3,(H,18,19). The van der Waals surface area contributed by atoms with Gasteiger partial charge in [0.2, 0.25) is 0 Å². The third-order valence-corrected chi connectivity index (χ3v) is 5.53. The Bertz CT molecular complexity index is 338. The van der Waals surface area contributed by atoms with Crippen molar-refractivity contribution >= 4 is 5.96 Å². The van der Waals surface area contributed by atoms with E-state index in [1.807, 2.05) is 7.05 Å². The molecule has 0 radical (unpaired) electrons. The van der Waals surface area contributed by atoms with E-state index in [4.69, 9.17) is 4.74 Å². The normalized spacial score (nSPS) is 30.7. The van der Waals surface area contributed by atoms with Crippen LogP contribution in [0.15, 0.2) is 4.99 Å². The molecule has 2 atom stereocenters. The summed E-state index contributed by atoms with van der Waals surface area (Å²) in [5.74, 6) is 2.90. The van der Waals surface area contributed by atoms with Gasteiger partial charge in [0.1, 0.15) is 0 Å². The fourth-order valence-electron chi connectivity index (χ4n) is 4.35. The lowest BCUT2D eigenvalue weighted by Gasteiger charge is -2.22. The quantitative estimate of drug-likeness (QED) is 0.492. The molecule has 1 saturated heterocycles. The molecule has 3 aliphatic rings. The first-order valence-corrected chi connectivity index (χ1v) is 8.94. The predicted octanol–water partition coefficient (Wildman–Crippen LogP) is 2.64. The van der Waals surface area contributed by atoms with Crippen molar-refractivity contribution in [2.75, 3.05) is 33.3 Å². The van der Waals surface area contributed by atoms with Gasteiger partial charge in [0, 0.05) is 26.7 Å². The molecule has 120 valence electrons. The van der Waals surface area contributed by atoms with Crippen molar-refractivity contribution < 1.29 is 4.74 Å². The van der Waals surface area contributed by atoms with E-state index in [-0.39, 0.29) is 0 Å². The van der Waals surface area contributed by atoms with Crippen molar-refractivity contribution in [3.63, 3.8) is 0 Å². The smallest absolute Gasteiger partial charge is 0.193 e. The summed E-state index contributed by atoms with van der Waals surface area (Å²) < 4.78 is 5.92. The fourth-order valence-corrected chi connectivity index (χ4v) is 4.35. The Labute approximate surface area is 129 Å². The Morgan fingerprint density at radius 3 is 2.29 bits per heavy atom. The molecule has 21 heavy (non-hydrogen) atoms. The SMILES string of the molecule is CN=C(NCCOC1CCCC1)N1CC2CCCCC2C1. The van der Waals surface area contributed by atoms with Crippen molar-refractivity contribution in [1.82, 2.24) is 10.2 Å². The summed E-state index contributed by atoms with van der Waals surface area (Å²) in [4.78, 5) is 6.94. The zero-order valence-corrected chi connectivity index (χ0v) is 13.5. The van der Waals surface area contributed by atoms with Crippen LogP contribution in [-0.4, -0.2) is 50.3 Å². The summed E-state index contributed by atoms with van der Waals surface area (Å²) in [6, 6.07) is 0. The zero-order chi connectivity index (χ0) is 14.5. The van der Waals surface area contributed by atoms with Crippen molar-refractivity contribution in [3.8, 4) is 0 Å². The third kappa shape index (κ3) is 3.91. The maximum Gasteiger partial charge on any atom is 0.193 e. The number of nitrogens with one attached hydrogen (secondary N) is 1. The Hall–Kier alpha value is -0.770. The Kier molecular flexibility index (Phi) is 5.39. The molecule has 4 nitrogen and oxygen atoms in total. The number of likely N-dealkylation sites (tertiary alicyclic amines) is 1. The summed E-state index contributed by atoms with van der Waals surface area (Å²) in [6.07, 6.45) is 11.4. The molecule has 0 spiro atoms. The number of ether oxygens (including phenoxy) is 1. The Morgan fingerprint density at radius 1 is 1.05 bits per heavy atom. The summed E-state index contributed by atoms with van der Waals surface area (Å²) in [5, 5.41) is 3.50. The molecule has 3 fully saturated rings. The Balaban J connectivity index is 1.39. The molecule has 1 heterocycles. The van der Waals surface area contributed by atoms with Crippen LogP contribution in [0, 0.1) is 11.8 Å². The Morgan fingerprint density at radius 2 is 1.67 bits per heavy atom. The maximum atomic E-state index is 5.92. The van der Waals surface area contributed by atoms with Crippen molar-refractivity contribution in [3.05, 3.63) is 0 Å². The second-order valence-corrected chi connectivity index (χ2v) is 6.96. The van der Waals surface area contributed by atoms with Crippen LogP contribution in [0.5, 0.6) is 0 Å². The lowest BCUT2D eigenvalue weighted by atomic mass is 9.82. The molecule has 0 amide bonds. The molecule has 0 aromatic heterocycles. The van der Waals surface area contributed by atoms with Crippen molar-refractivity contribution in [1.29, 1.82) is 0 Å². The number of hydrogen-bond donors (Lipinski definition) is 1. The number of nitrogens with zero attached hydrogens (tertiary/aromatic N) is 2. The largest absolute Gasteiger partial charge is 0.376 e. The van der Waals surface area contributed by atoms with Crippen LogP contribution >= 0.6 is 0 Å². The van der Waals surface area contributed by atoms with Gasteiger partial charge in [0.05, 0.1) is 12.7 Å². The highest BCUT2D eigenvalue weighted by Gasteiger charge is 2.35. The third-order valence-electron chi connectivity index (χ3n) is 5.53. The van der Waals surface area contributed by atoms with Crippen molar-refractivity contribution in [2.24, 2.45) is 16.8 Å². The summed E-state index contributed by atoms with van der Waals surface area (Å²) >= 11 is 0. The van der Waals surface area contributed by atoms with E-state index in [1.165, 1.54) is 64.5 Å². The highest BCUT2D eigenvalue weighted by molar-refractivity contribution is 5.80. The van der Waals surface area contributed by atoms with Gasteiger partial charge in [-0.05, 0) is 37.5 Å². The molecule has 2 saturated carbocycles. The van der Waals surface area contributed by atoms with Gasteiger partial charge in [-0.25, -0.2) is 0 Å². The van der Waals surface area contributed by atoms with Crippen LogP contribution < -0.4 is 5.32 Å². The topological polar surface area (TPSA) is 36.9 Å². The van der Waals surface area contributed by atoms with Gasteiger partial charge >= 0.3 is 0 Å². The second kappa shape index (κ2) is 7.48. The first kappa shape index (κ1) is 15.1. The van der Waals surface area contributed by atoms with E-state index >= 15 is 0 Å².